The van der Waals surface area contributed by atoms with Crippen LogP contribution in [0.1, 0.15) is 13.8 Å². The number of pyridine rings is 3. The summed E-state index contributed by atoms with van der Waals surface area (Å²) in [5.74, 6) is -0.0625. The Morgan fingerprint density at radius 3 is 0.923 bits per heavy atom. The van der Waals surface area contributed by atoms with Crippen molar-refractivity contribution in [3.8, 4) is 33.8 Å². The Kier molecular flexibility index (Phi) is 23.5. The molecule has 0 amide bonds. The van der Waals surface area contributed by atoms with E-state index in [9.17, 15) is 4.79 Å². The van der Waals surface area contributed by atoms with E-state index in [0.717, 1.165) is 134 Å². The number of aliphatic hydroxyl groups excluding tert-OH is 1. The van der Waals surface area contributed by atoms with E-state index in [1.54, 1.807) is 0 Å². The molecule has 3 atom stereocenters. The Morgan fingerprint density at radius 2 is 0.600 bits per heavy atom. The van der Waals surface area contributed by atoms with Gasteiger partial charge in [0.25, 0.3) is 0 Å². The van der Waals surface area contributed by atoms with Crippen molar-refractivity contribution in [3.05, 3.63) is 376 Å². The zero-order chi connectivity index (χ0) is 85.1. The van der Waals surface area contributed by atoms with Crippen LogP contribution in [0.2, 0.25) is 0 Å². The van der Waals surface area contributed by atoms with Crippen LogP contribution in [0, 0.1) is 18.2 Å². The van der Waals surface area contributed by atoms with Crippen molar-refractivity contribution in [1.29, 1.82) is 0 Å². The average Bonchev–Trinajstić information content (AvgIpc) is 0.700. The molecule has 0 fully saturated rings. The molecule has 3 unspecified atom stereocenters. The standard InChI is InChI=1S/2C35H19NOPSe2.C35H19NPS3.C5H8O2.3Ir/c2*37-38-29-15-22-8-1-3-10-24(22)17-31(29)39-33-19-26(28-14-13-21-7-5-6-12-27(21)36-28)20-34(35(33)38)40-32-18-25-11-4-2-9-23(25)16-30(32)38;38-37-29-15-22-8-1-3-10-24(22)17-31(29)39-33-19-26(28-14-13-21-7-5-6-12-27(21)36-28)20-34(35(33)37)40-32-18-25-11-4-2-9-23(25)16-30(32)37;1-4(6)3-5(2)7;;;/h3*1-19H;3,6H,1-2H3;;;/q3*-1;;;;. The first kappa shape index (κ1) is 87.4. The number of aliphatic hydroxyl groups is 1. The summed E-state index contributed by atoms with van der Waals surface area (Å²) in [6.45, 7) is 2.85. The molecule has 0 bridgehead atoms. The van der Waals surface area contributed by atoms with E-state index in [1.807, 2.05) is 53.9 Å². The number of carbonyl (C=O) groups is 1. The fourth-order valence-electron chi connectivity index (χ4n) is 18.3. The minimum absolute atomic E-state index is 0. The number of allylic oxidation sites excluding steroid dienone is 2. The predicted molar refractivity (Wildman–Crippen MR) is 543 cm³/mol. The van der Waals surface area contributed by atoms with Crippen LogP contribution in [0.3, 0.4) is 0 Å². The molecular weight excluding hydrogens is 2510 g/mol. The molecule has 0 aliphatic carbocycles. The molecule has 1 N–H and O–H groups in total. The number of hydrogen-bond donors (Lipinski definition) is 1. The summed E-state index contributed by atoms with van der Waals surface area (Å²) in [6, 6.07) is 132. The van der Waals surface area contributed by atoms with Crippen LogP contribution in [0.5, 0.6) is 0 Å². The van der Waals surface area contributed by atoms with Gasteiger partial charge in [-0.2, -0.15) is 0 Å². The number of carbonyl (C=O) groups excluding carboxylic acids is 1. The summed E-state index contributed by atoms with van der Waals surface area (Å²) in [5, 5.41) is 36.3. The van der Waals surface area contributed by atoms with Gasteiger partial charge in [-0.15, -0.1) is 41.2 Å². The van der Waals surface area contributed by atoms with Gasteiger partial charge in [-0.3, -0.25) is 9.78 Å². The molecule has 7 nitrogen and oxygen atoms in total. The van der Waals surface area contributed by atoms with Crippen molar-refractivity contribution in [3.63, 3.8) is 0 Å². The Hall–Kier alpha value is -9.20. The molecular formula is C110H65Ir3N3O4P3S3Se4-3. The van der Waals surface area contributed by atoms with Gasteiger partial charge in [-0.25, -0.2) is 0 Å². The number of ketones is 1. The molecule has 27 rings (SSSR count). The SMILES string of the molecule is CC(=O)C=C(C)O.O=P12c3cc4ccccc4cc3[Se]c3[c-]c(-c4ccc5ccccc5n4)cc(c31)[Se]c1cc3ccccc3cc12.O=P12c3cc4ccccc4cc3[Se]c3[c-]c(-c4ccc5ccccc5n4)cc(c31)[Se]c1cc3ccccc3cc12.S=P12c3cc4ccccc4cc3Sc3[c-]c(-c4ccc5ccccc5n4)cc(c31)Sc1cc3ccccc3cc12.[Ir].[Ir].[Ir]. The second kappa shape index (κ2) is 35.0. The van der Waals surface area contributed by atoms with E-state index < -0.39 is 20.3 Å². The molecule has 0 saturated carbocycles. The van der Waals surface area contributed by atoms with Crippen molar-refractivity contribution in [1.82, 2.24) is 15.0 Å². The number of para-hydroxylation sites is 3. The van der Waals surface area contributed by atoms with Crippen LogP contribution in [-0.4, -0.2) is 85.7 Å². The Morgan fingerprint density at radius 1 is 0.315 bits per heavy atom. The van der Waals surface area contributed by atoms with E-state index in [0.29, 0.717) is 0 Å². The summed E-state index contributed by atoms with van der Waals surface area (Å²) >= 11 is 10.7. The smallest absolute Gasteiger partial charge is 0.0595 e. The van der Waals surface area contributed by atoms with Crippen LogP contribution in [0.15, 0.2) is 377 Å². The molecule has 0 saturated heterocycles. The van der Waals surface area contributed by atoms with Gasteiger partial charge in [0.2, 0.25) is 0 Å². The molecule has 0 spiro atoms. The zero-order valence-corrected chi connectivity index (χ0v) is 87.9. The van der Waals surface area contributed by atoms with Crippen LogP contribution < -0.4 is 83.4 Å². The molecule has 6 aliphatic heterocycles. The molecule has 631 valence electrons. The zero-order valence-electron chi connectivity index (χ0n) is 68.7. The first-order chi connectivity index (χ1) is 62.1. The first-order valence-corrected chi connectivity index (χ1v) is 56.1. The second-order valence-electron chi connectivity index (χ2n) is 32.2. The topological polar surface area (TPSA) is 110 Å². The van der Waals surface area contributed by atoms with Crippen LogP contribution in [-0.2, 0) is 86.0 Å². The van der Waals surface area contributed by atoms with Crippen LogP contribution >= 0.6 is 43.8 Å². The largest absolute Gasteiger partial charge is 0.296 e. The van der Waals surface area contributed by atoms with E-state index in [-0.39, 0.29) is 132 Å². The van der Waals surface area contributed by atoms with Gasteiger partial charge in [0.15, 0.2) is 5.78 Å². The number of aromatic nitrogens is 3. The molecule has 20 heteroatoms. The van der Waals surface area contributed by atoms with Crippen LogP contribution in [0.25, 0.3) is 131 Å². The van der Waals surface area contributed by atoms with Crippen molar-refractivity contribution in [2.75, 3.05) is 0 Å². The molecule has 21 aromatic rings. The minimum Gasteiger partial charge on any atom is -0.296 e. The fourth-order valence-corrected chi connectivity index (χ4v) is 50.2. The molecule has 3 radical (unpaired) electrons. The van der Waals surface area contributed by atoms with Gasteiger partial charge >= 0.3 is 491 Å². The molecule has 3 aromatic heterocycles. The molecule has 18 aromatic carbocycles. The Balaban J connectivity index is 0.000000112. The summed E-state index contributed by atoms with van der Waals surface area (Å²) in [5.41, 5.74) is 8.78. The third kappa shape index (κ3) is 15.1. The average molecular weight is 2570 g/mol. The summed E-state index contributed by atoms with van der Waals surface area (Å²) in [6.07, 6.45) is 1.17. The van der Waals surface area contributed by atoms with Gasteiger partial charge in [-0.1, -0.05) is 106 Å². The first-order valence-electron chi connectivity index (χ1n) is 41.4. The quantitative estimate of drug-likeness (QED) is 0.0601. The summed E-state index contributed by atoms with van der Waals surface area (Å²) < 4.78 is 41.2. The second-order valence-corrected chi connectivity index (χ2v) is 52.8. The number of benzene rings is 18. The van der Waals surface area contributed by atoms with Crippen molar-refractivity contribution < 1.29 is 79.3 Å². The third-order valence-electron chi connectivity index (χ3n) is 24.2. The van der Waals surface area contributed by atoms with E-state index in [1.165, 1.54) is 120 Å². The van der Waals surface area contributed by atoms with E-state index in [4.69, 9.17) is 31.9 Å². The maximum Gasteiger partial charge on any atom is 0.0595 e. The maximum absolute atomic E-state index is 15.8. The molecule has 130 heavy (non-hydrogen) atoms. The number of fused-ring (bicyclic) bond motifs is 21. The van der Waals surface area contributed by atoms with Crippen molar-refractivity contribution >= 4 is 302 Å². The summed E-state index contributed by atoms with van der Waals surface area (Å²) in [4.78, 5) is 30.0. The van der Waals surface area contributed by atoms with E-state index in [2.05, 4.69) is 334 Å². The third-order valence-corrected chi connectivity index (χ3v) is 50.1. The number of hydrogen-bond acceptors (Lipinski definition) is 10. The molecule has 9 heterocycles. The molecule has 6 aliphatic rings. The van der Waals surface area contributed by atoms with Crippen molar-refractivity contribution in [2.24, 2.45) is 0 Å². The van der Waals surface area contributed by atoms with Gasteiger partial charge in [0, 0.05) is 92.8 Å². The van der Waals surface area contributed by atoms with E-state index >= 15 is 9.13 Å². The number of nitrogens with zero attached hydrogens (tertiary/aromatic N) is 3. The number of rotatable bonds is 4. The Bertz CT molecular complexity index is 7570. The van der Waals surface area contributed by atoms with Gasteiger partial charge in [0.1, 0.15) is 0 Å². The maximum atomic E-state index is 15.8. The predicted octanol–water partition coefficient (Wildman–Crippen LogP) is 16.9. The minimum atomic E-state index is -3.09. The summed E-state index contributed by atoms with van der Waals surface area (Å²) in [7, 11) is -6.19. The Labute approximate surface area is 829 Å². The normalized spacial score (nSPS) is 16.3. The van der Waals surface area contributed by atoms with Crippen LogP contribution in [0.4, 0.5) is 0 Å². The van der Waals surface area contributed by atoms with Gasteiger partial charge in [0.05, 0.1) is 11.3 Å². The monoisotopic (exact) mass is 2580 g/mol. The van der Waals surface area contributed by atoms with Gasteiger partial charge in [-0.05, 0) is 76.8 Å². The fraction of sp³-hybridized carbons (Fsp3) is 0.0182. The van der Waals surface area contributed by atoms with Gasteiger partial charge < -0.3 is 5.11 Å². The van der Waals surface area contributed by atoms with Crippen molar-refractivity contribution in [2.45, 2.75) is 33.4 Å².